The van der Waals surface area contributed by atoms with E-state index in [1.807, 2.05) is 13.0 Å². The van der Waals surface area contributed by atoms with Crippen LogP contribution < -0.4 is 5.32 Å². The van der Waals surface area contributed by atoms with Crippen molar-refractivity contribution in [3.05, 3.63) is 18.0 Å². The summed E-state index contributed by atoms with van der Waals surface area (Å²) in [7, 11) is 0. The van der Waals surface area contributed by atoms with Gasteiger partial charge in [-0.3, -0.25) is 5.10 Å². The Balaban J connectivity index is 2.38. The lowest BCUT2D eigenvalue weighted by Gasteiger charge is -2.20. The number of anilines is 1. The van der Waals surface area contributed by atoms with Crippen LogP contribution in [0.15, 0.2) is 12.3 Å². The SMILES string of the molecule is Cc1n[nH]c2ccnc(NC(CO)C(C)C)c12. The van der Waals surface area contributed by atoms with Gasteiger partial charge in [-0.25, -0.2) is 4.98 Å². The Kier molecular flexibility index (Phi) is 3.28. The molecule has 2 aromatic heterocycles. The van der Waals surface area contributed by atoms with Crippen molar-refractivity contribution in [1.29, 1.82) is 0 Å². The number of nitrogens with zero attached hydrogens (tertiary/aromatic N) is 2. The van der Waals surface area contributed by atoms with Crippen LogP contribution in [0.4, 0.5) is 5.82 Å². The van der Waals surface area contributed by atoms with Crippen molar-refractivity contribution in [2.24, 2.45) is 5.92 Å². The molecule has 0 radical (unpaired) electrons. The monoisotopic (exact) mass is 234 g/mol. The molecule has 17 heavy (non-hydrogen) atoms. The number of hydrogen-bond donors (Lipinski definition) is 3. The van der Waals surface area contributed by atoms with E-state index in [0.29, 0.717) is 5.92 Å². The molecule has 0 saturated carbocycles. The fourth-order valence-electron chi connectivity index (χ4n) is 1.83. The molecule has 0 aromatic carbocycles. The number of nitrogens with one attached hydrogen (secondary N) is 2. The normalized spacial score (nSPS) is 13.2. The number of hydrogen-bond acceptors (Lipinski definition) is 4. The maximum Gasteiger partial charge on any atom is 0.137 e. The Bertz CT molecular complexity index is 506. The summed E-state index contributed by atoms with van der Waals surface area (Å²) in [5, 5.41) is 20.7. The summed E-state index contributed by atoms with van der Waals surface area (Å²) in [6.45, 7) is 6.16. The van der Waals surface area contributed by atoms with E-state index < -0.39 is 0 Å². The molecule has 5 nitrogen and oxygen atoms in total. The lowest BCUT2D eigenvalue weighted by molar-refractivity contribution is 0.249. The number of aromatic amines is 1. The average Bonchev–Trinajstić information content (AvgIpc) is 2.68. The zero-order chi connectivity index (χ0) is 12.4. The molecule has 0 aliphatic rings. The van der Waals surface area contributed by atoms with Crippen LogP contribution in [0, 0.1) is 12.8 Å². The predicted octanol–water partition coefficient (Wildman–Crippen LogP) is 1.70. The van der Waals surface area contributed by atoms with E-state index in [2.05, 4.69) is 34.3 Å². The van der Waals surface area contributed by atoms with Crippen LogP contribution in [-0.2, 0) is 0 Å². The topological polar surface area (TPSA) is 73.8 Å². The van der Waals surface area contributed by atoms with E-state index in [9.17, 15) is 5.11 Å². The first-order chi connectivity index (χ1) is 8.13. The highest BCUT2D eigenvalue weighted by molar-refractivity contribution is 5.91. The molecule has 3 N–H and O–H groups in total. The first kappa shape index (κ1) is 11.9. The minimum absolute atomic E-state index is 0.00222. The minimum atomic E-state index is 0.00222. The molecule has 0 spiro atoms. The minimum Gasteiger partial charge on any atom is -0.394 e. The van der Waals surface area contributed by atoms with Crippen molar-refractivity contribution < 1.29 is 5.11 Å². The fraction of sp³-hybridized carbons (Fsp3) is 0.500. The number of aromatic nitrogens is 3. The van der Waals surface area contributed by atoms with Gasteiger partial charge in [0.15, 0.2) is 0 Å². The van der Waals surface area contributed by atoms with Gasteiger partial charge in [0.2, 0.25) is 0 Å². The average molecular weight is 234 g/mol. The van der Waals surface area contributed by atoms with Crippen molar-refractivity contribution in [2.75, 3.05) is 11.9 Å². The molecule has 0 aliphatic heterocycles. The Morgan fingerprint density at radius 2 is 2.24 bits per heavy atom. The smallest absolute Gasteiger partial charge is 0.137 e. The largest absolute Gasteiger partial charge is 0.394 e. The summed E-state index contributed by atoms with van der Waals surface area (Å²) in [5.41, 5.74) is 1.87. The molecule has 92 valence electrons. The van der Waals surface area contributed by atoms with Crippen LogP contribution >= 0.6 is 0 Å². The summed E-state index contributed by atoms with van der Waals surface area (Å²) in [4.78, 5) is 4.33. The van der Waals surface area contributed by atoms with Crippen LogP contribution in [0.2, 0.25) is 0 Å². The number of aliphatic hydroxyl groups is 1. The van der Waals surface area contributed by atoms with Crippen LogP contribution in [0.1, 0.15) is 19.5 Å². The number of pyridine rings is 1. The lowest BCUT2D eigenvalue weighted by atomic mass is 10.1. The van der Waals surface area contributed by atoms with Gasteiger partial charge in [0.25, 0.3) is 0 Å². The fourth-order valence-corrected chi connectivity index (χ4v) is 1.83. The second kappa shape index (κ2) is 4.71. The highest BCUT2D eigenvalue weighted by atomic mass is 16.3. The van der Waals surface area contributed by atoms with Gasteiger partial charge >= 0.3 is 0 Å². The first-order valence-electron chi connectivity index (χ1n) is 5.80. The Hall–Kier alpha value is -1.62. The number of H-pyrrole nitrogens is 1. The molecule has 0 saturated heterocycles. The predicted molar refractivity (Wildman–Crippen MR) is 68.0 cm³/mol. The van der Waals surface area contributed by atoms with Crippen molar-refractivity contribution in [3.63, 3.8) is 0 Å². The zero-order valence-electron chi connectivity index (χ0n) is 10.4. The highest BCUT2D eigenvalue weighted by Crippen LogP contribution is 2.23. The Labute approximate surface area is 100 Å². The summed E-state index contributed by atoms with van der Waals surface area (Å²) >= 11 is 0. The molecule has 0 aliphatic carbocycles. The maximum atomic E-state index is 9.34. The quantitative estimate of drug-likeness (QED) is 0.752. The summed E-state index contributed by atoms with van der Waals surface area (Å²) in [5.74, 6) is 1.12. The lowest BCUT2D eigenvalue weighted by Crippen LogP contribution is -2.29. The van der Waals surface area contributed by atoms with Crippen LogP contribution in [0.5, 0.6) is 0 Å². The van der Waals surface area contributed by atoms with Crippen molar-refractivity contribution in [1.82, 2.24) is 15.2 Å². The second-order valence-corrected chi connectivity index (χ2v) is 4.57. The molecule has 5 heteroatoms. The van der Waals surface area contributed by atoms with Gasteiger partial charge in [-0.2, -0.15) is 5.10 Å². The summed E-state index contributed by atoms with van der Waals surface area (Å²) in [6, 6.07) is 1.89. The molecular formula is C12H18N4O. The maximum absolute atomic E-state index is 9.34. The molecule has 1 atom stereocenters. The summed E-state index contributed by atoms with van der Waals surface area (Å²) in [6.07, 6.45) is 1.73. The van der Waals surface area contributed by atoms with Crippen LogP contribution in [0.25, 0.3) is 10.9 Å². The van der Waals surface area contributed by atoms with E-state index in [-0.39, 0.29) is 12.6 Å². The molecule has 0 amide bonds. The zero-order valence-corrected chi connectivity index (χ0v) is 10.4. The van der Waals surface area contributed by atoms with E-state index in [4.69, 9.17) is 0 Å². The van der Waals surface area contributed by atoms with Gasteiger partial charge in [0.1, 0.15) is 5.82 Å². The van der Waals surface area contributed by atoms with Gasteiger partial charge in [0, 0.05) is 6.20 Å². The Morgan fingerprint density at radius 1 is 1.47 bits per heavy atom. The number of aliphatic hydroxyl groups excluding tert-OH is 1. The molecule has 0 fully saturated rings. The second-order valence-electron chi connectivity index (χ2n) is 4.57. The van der Waals surface area contributed by atoms with Gasteiger partial charge < -0.3 is 10.4 Å². The molecule has 1 unspecified atom stereocenters. The van der Waals surface area contributed by atoms with Crippen molar-refractivity contribution in [2.45, 2.75) is 26.8 Å². The highest BCUT2D eigenvalue weighted by Gasteiger charge is 2.15. The third-order valence-corrected chi connectivity index (χ3v) is 2.98. The standard InChI is InChI=1S/C12H18N4O/c1-7(2)10(6-17)14-12-11-8(3)15-16-9(11)4-5-13-12/h4-5,7,10,17H,6H2,1-3H3,(H,13,14)(H,15,16). The summed E-state index contributed by atoms with van der Waals surface area (Å²) < 4.78 is 0. The van der Waals surface area contributed by atoms with Crippen LogP contribution in [0.3, 0.4) is 0 Å². The number of aryl methyl sites for hydroxylation is 1. The third kappa shape index (κ3) is 2.24. The molecule has 2 heterocycles. The van der Waals surface area contributed by atoms with Gasteiger partial charge in [-0.05, 0) is 18.9 Å². The third-order valence-electron chi connectivity index (χ3n) is 2.98. The van der Waals surface area contributed by atoms with E-state index in [1.165, 1.54) is 0 Å². The first-order valence-corrected chi connectivity index (χ1v) is 5.80. The molecular weight excluding hydrogens is 216 g/mol. The van der Waals surface area contributed by atoms with Crippen LogP contribution in [-0.4, -0.2) is 32.9 Å². The molecule has 0 bridgehead atoms. The number of rotatable bonds is 4. The Morgan fingerprint density at radius 3 is 2.88 bits per heavy atom. The van der Waals surface area contributed by atoms with Crippen molar-refractivity contribution >= 4 is 16.7 Å². The van der Waals surface area contributed by atoms with E-state index in [1.54, 1.807) is 6.20 Å². The van der Waals surface area contributed by atoms with Gasteiger partial charge in [-0.1, -0.05) is 13.8 Å². The molecule has 2 rings (SSSR count). The number of fused-ring (bicyclic) bond motifs is 1. The molecule has 2 aromatic rings. The van der Waals surface area contributed by atoms with Gasteiger partial charge in [0.05, 0.1) is 29.2 Å². The van der Waals surface area contributed by atoms with E-state index in [0.717, 1.165) is 22.4 Å². The van der Waals surface area contributed by atoms with Gasteiger partial charge in [-0.15, -0.1) is 0 Å². The van der Waals surface area contributed by atoms with E-state index >= 15 is 0 Å². The van der Waals surface area contributed by atoms with Crippen molar-refractivity contribution in [3.8, 4) is 0 Å².